The number of aryl methyl sites for hydroxylation is 1. The second-order valence-electron chi connectivity index (χ2n) is 8.43. The maximum atomic E-state index is 13.7. The van der Waals surface area contributed by atoms with E-state index in [1.165, 1.54) is 0 Å². The Morgan fingerprint density at radius 2 is 1.70 bits per heavy atom. The fourth-order valence-electron chi connectivity index (χ4n) is 5.27. The van der Waals surface area contributed by atoms with E-state index in [0.717, 1.165) is 46.5 Å². The highest BCUT2D eigenvalue weighted by Crippen LogP contribution is 2.67. The second kappa shape index (κ2) is 5.38. The molecule has 4 heteroatoms. The van der Waals surface area contributed by atoms with Gasteiger partial charge in [-0.25, -0.2) is 9.97 Å². The summed E-state index contributed by atoms with van der Waals surface area (Å²) in [6.45, 7) is 6.43. The maximum Gasteiger partial charge on any atom is 0.237 e. The number of benzene rings is 2. The Balaban J connectivity index is 1.68. The summed E-state index contributed by atoms with van der Waals surface area (Å²) in [4.78, 5) is 23.6. The van der Waals surface area contributed by atoms with Crippen molar-refractivity contribution in [2.24, 2.45) is 5.41 Å². The average Bonchev–Trinajstić information content (AvgIpc) is 3.03. The van der Waals surface area contributed by atoms with Crippen molar-refractivity contribution in [3.63, 3.8) is 0 Å². The van der Waals surface area contributed by atoms with Crippen LogP contribution in [0.25, 0.3) is 11.0 Å². The normalized spacial score (nSPS) is 24.8. The highest BCUT2D eigenvalue weighted by molar-refractivity contribution is 6.02. The lowest BCUT2D eigenvalue weighted by molar-refractivity contribution is -0.124. The number of hydrogen-bond acceptors (Lipinski definition) is 3. The molecule has 2 aromatic carbocycles. The monoisotopic (exact) mass is 357 g/mol. The minimum Gasteiger partial charge on any atom is -0.325 e. The van der Waals surface area contributed by atoms with Gasteiger partial charge < -0.3 is 5.32 Å². The van der Waals surface area contributed by atoms with Crippen LogP contribution in [0.3, 0.4) is 0 Å². The van der Waals surface area contributed by atoms with Crippen LogP contribution in [0.5, 0.6) is 0 Å². The Kier molecular flexibility index (Phi) is 3.27. The molecule has 2 atom stereocenters. The summed E-state index contributed by atoms with van der Waals surface area (Å²) >= 11 is 0. The number of aromatic nitrogens is 2. The fourth-order valence-corrected chi connectivity index (χ4v) is 5.27. The lowest BCUT2D eigenvalue weighted by atomic mass is 9.67. The number of carbonyl (C=O) groups is 1. The van der Waals surface area contributed by atoms with Gasteiger partial charge in [0.25, 0.3) is 0 Å². The summed E-state index contributed by atoms with van der Waals surface area (Å²) in [5.41, 5.74) is 4.78. The van der Waals surface area contributed by atoms with Crippen LogP contribution >= 0.6 is 0 Å². The van der Waals surface area contributed by atoms with Crippen molar-refractivity contribution in [3.05, 3.63) is 65.5 Å². The van der Waals surface area contributed by atoms with Gasteiger partial charge in [-0.3, -0.25) is 4.79 Å². The van der Waals surface area contributed by atoms with Gasteiger partial charge in [-0.1, -0.05) is 44.2 Å². The molecule has 2 unspecified atom stereocenters. The summed E-state index contributed by atoms with van der Waals surface area (Å²) in [7, 11) is 0. The van der Waals surface area contributed by atoms with Crippen molar-refractivity contribution in [2.75, 3.05) is 5.32 Å². The average molecular weight is 357 g/mol. The minimum atomic E-state index is -0.633. The molecular formula is C23H23N3O. The van der Waals surface area contributed by atoms with Crippen molar-refractivity contribution in [2.45, 2.75) is 44.9 Å². The number of rotatable bonds is 2. The number of amides is 1. The number of fused-ring (bicyclic) bond motifs is 6. The molecule has 27 heavy (non-hydrogen) atoms. The maximum absolute atomic E-state index is 13.7. The third-order valence-corrected chi connectivity index (χ3v) is 6.89. The molecule has 1 saturated carbocycles. The summed E-state index contributed by atoms with van der Waals surface area (Å²) in [5.74, 6) is 0.319. The van der Waals surface area contributed by atoms with E-state index in [2.05, 4.69) is 19.2 Å². The molecule has 0 saturated heterocycles. The number of para-hydroxylation sites is 3. The molecule has 2 aliphatic rings. The predicted octanol–water partition coefficient (Wildman–Crippen LogP) is 4.73. The predicted molar refractivity (Wildman–Crippen MR) is 107 cm³/mol. The van der Waals surface area contributed by atoms with Crippen molar-refractivity contribution in [3.8, 4) is 0 Å². The zero-order valence-corrected chi connectivity index (χ0v) is 15.9. The minimum absolute atomic E-state index is 0.0487. The third kappa shape index (κ3) is 2.01. The van der Waals surface area contributed by atoms with Crippen molar-refractivity contribution in [1.82, 2.24) is 9.97 Å². The van der Waals surface area contributed by atoms with E-state index >= 15 is 0 Å². The van der Waals surface area contributed by atoms with Crippen molar-refractivity contribution in [1.29, 1.82) is 0 Å². The molecule has 1 fully saturated rings. The Hall–Kier alpha value is -2.75. The number of carbonyl (C=O) groups excluding carboxylic acids is 1. The molecule has 0 aliphatic heterocycles. The first-order chi connectivity index (χ1) is 12.9. The molecule has 5 rings (SSSR count). The Morgan fingerprint density at radius 1 is 1.04 bits per heavy atom. The lowest BCUT2D eigenvalue weighted by Crippen LogP contribution is -2.46. The van der Waals surface area contributed by atoms with E-state index in [1.54, 1.807) is 0 Å². The van der Waals surface area contributed by atoms with Gasteiger partial charge in [0.15, 0.2) is 0 Å². The summed E-state index contributed by atoms with van der Waals surface area (Å²) in [5, 5.41) is 3.21. The third-order valence-electron chi connectivity index (χ3n) is 6.89. The van der Waals surface area contributed by atoms with Gasteiger partial charge in [0.1, 0.15) is 0 Å². The Morgan fingerprint density at radius 3 is 2.44 bits per heavy atom. The first kappa shape index (κ1) is 16.4. The van der Waals surface area contributed by atoms with Gasteiger partial charge in [-0.15, -0.1) is 0 Å². The van der Waals surface area contributed by atoms with Crippen molar-refractivity contribution >= 4 is 22.6 Å². The van der Waals surface area contributed by atoms with Crippen molar-refractivity contribution < 1.29 is 4.79 Å². The topological polar surface area (TPSA) is 54.9 Å². The van der Waals surface area contributed by atoms with Crippen LogP contribution < -0.4 is 5.32 Å². The first-order valence-corrected chi connectivity index (χ1v) is 9.59. The quantitative estimate of drug-likeness (QED) is 0.721. The van der Waals surface area contributed by atoms with Crippen LogP contribution in [-0.2, 0) is 10.2 Å². The molecule has 1 aromatic heterocycles. The summed E-state index contributed by atoms with van der Waals surface area (Å²) in [6, 6.07) is 15.9. The molecule has 136 valence electrons. The highest BCUT2D eigenvalue weighted by Gasteiger charge is 2.67. The van der Waals surface area contributed by atoms with Gasteiger partial charge >= 0.3 is 0 Å². The standard InChI is InChI=1S/C23H23N3O/c1-14-8-4-5-9-16(14)26-21(27)23-13-12-15(22(23,2)3)19-20(23)25-18-11-7-6-10-17(18)24-19/h4-11,15H,12-13H2,1-3H3,(H,26,27). The number of nitrogens with zero attached hydrogens (tertiary/aromatic N) is 2. The van der Waals surface area contributed by atoms with E-state index in [9.17, 15) is 4.79 Å². The van der Waals surface area contributed by atoms with Gasteiger partial charge in [-0.2, -0.15) is 0 Å². The number of anilines is 1. The molecular weight excluding hydrogens is 334 g/mol. The second-order valence-corrected chi connectivity index (χ2v) is 8.43. The van der Waals surface area contributed by atoms with Crippen LogP contribution in [-0.4, -0.2) is 15.9 Å². The molecule has 1 N–H and O–H groups in total. The van der Waals surface area contributed by atoms with E-state index in [0.29, 0.717) is 0 Å². The number of nitrogens with one attached hydrogen (secondary N) is 1. The van der Waals surface area contributed by atoms with Gasteiger partial charge in [0.05, 0.1) is 27.8 Å². The lowest BCUT2D eigenvalue weighted by Gasteiger charge is -2.36. The zero-order valence-electron chi connectivity index (χ0n) is 15.9. The SMILES string of the molecule is Cc1ccccc1NC(=O)C12CCC(c3nc4ccccc4nc31)C2(C)C. The smallest absolute Gasteiger partial charge is 0.237 e. The molecule has 3 aromatic rings. The first-order valence-electron chi connectivity index (χ1n) is 9.59. The fraction of sp³-hybridized carbons (Fsp3) is 0.348. The molecule has 2 aliphatic carbocycles. The van der Waals surface area contributed by atoms with Gasteiger partial charge in [0, 0.05) is 11.6 Å². The zero-order chi connectivity index (χ0) is 18.8. The van der Waals surface area contributed by atoms with Crippen LogP contribution in [0.15, 0.2) is 48.5 Å². The molecule has 0 radical (unpaired) electrons. The van der Waals surface area contributed by atoms with Gasteiger partial charge in [0.2, 0.25) is 5.91 Å². The van der Waals surface area contributed by atoms with E-state index in [-0.39, 0.29) is 17.2 Å². The molecule has 4 nitrogen and oxygen atoms in total. The molecule has 0 spiro atoms. The Bertz CT molecular complexity index is 1090. The summed E-state index contributed by atoms with van der Waals surface area (Å²) < 4.78 is 0. The van der Waals surface area contributed by atoms with Gasteiger partial charge in [-0.05, 0) is 48.9 Å². The van der Waals surface area contributed by atoms with Crippen LogP contribution in [0, 0.1) is 12.3 Å². The van der Waals surface area contributed by atoms with E-state index in [4.69, 9.17) is 9.97 Å². The highest BCUT2D eigenvalue weighted by atomic mass is 16.2. The molecule has 1 heterocycles. The van der Waals surface area contributed by atoms with Crippen LogP contribution in [0.2, 0.25) is 0 Å². The molecule has 2 bridgehead atoms. The largest absolute Gasteiger partial charge is 0.325 e. The summed E-state index contributed by atoms with van der Waals surface area (Å²) in [6.07, 6.45) is 1.80. The Labute approximate surface area is 159 Å². The van der Waals surface area contributed by atoms with Crippen LogP contribution in [0.1, 0.15) is 49.6 Å². The van der Waals surface area contributed by atoms with Crippen LogP contribution in [0.4, 0.5) is 5.69 Å². The van der Waals surface area contributed by atoms with E-state index < -0.39 is 5.41 Å². The van der Waals surface area contributed by atoms with E-state index in [1.807, 2.05) is 55.5 Å². The number of hydrogen-bond donors (Lipinski definition) is 1. The molecule has 1 amide bonds.